The van der Waals surface area contributed by atoms with Gasteiger partial charge in [0.15, 0.2) is 0 Å². The maximum Gasteiger partial charge on any atom is 0.00928 e. The molecule has 78 valence electrons. The minimum absolute atomic E-state index is 0.820. The van der Waals surface area contributed by atoms with E-state index in [1.165, 1.54) is 38.6 Å². The molecule has 0 saturated heterocycles. The molecule has 0 bridgehead atoms. The Morgan fingerprint density at radius 3 is 2.38 bits per heavy atom. The minimum atomic E-state index is 0.820. The molecular weight excluding hydrogens is 158 g/mol. The Labute approximate surface area is 83.3 Å². The second-order valence-corrected chi connectivity index (χ2v) is 4.61. The van der Waals surface area contributed by atoms with E-state index in [1.807, 2.05) is 0 Å². The Bertz CT molecular complexity index is 129. The van der Waals surface area contributed by atoms with E-state index in [0.29, 0.717) is 0 Å². The van der Waals surface area contributed by atoms with Gasteiger partial charge in [0, 0.05) is 6.04 Å². The monoisotopic (exact) mass is 183 g/mol. The third kappa shape index (κ3) is 3.30. The molecule has 0 aromatic rings. The van der Waals surface area contributed by atoms with E-state index < -0.39 is 0 Å². The van der Waals surface area contributed by atoms with Crippen molar-refractivity contribution in [1.29, 1.82) is 0 Å². The number of hydrogen-bond donors (Lipinski definition) is 1. The highest BCUT2D eigenvalue weighted by Crippen LogP contribution is 2.25. The Balaban J connectivity index is 2.17. The van der Waals surface area contributed by atoms with Crippen molar-refractivity contribution >= 4 is 0 Å². The maximum absolute atomic E-state index is 3.73. The van der Waals surface area contributed by atoms with Gasteiger partial charge in [0.05, 0.1) is 0 Å². The molecule has 0 aromatic carbocycles. The van der Waals surface area contributed by atoms with Crippen molar-refractivity contribution in [1.82, 2.24) is 5.32 Å². The quantitative estimate of drug-likeness (QED) is 0.690. The first kappa shape index (κ1) is 11.0. The Morgan fingerprint density at radius 1 is 1.23 bits per heavy atom. The van der Waals surface area contributed by atoms with Gasteiger partial charge in [0.1, 0.15) is 0 Å². The van der Waals surface area contributed by atoms with Crippen LogP contribution in [0.15, 0.2) is 0 Å². The summed E-state index contributed by atoms with van der Waals surface area (Å²) in [6, 6.07) is 0.820. The van der Waals surface area contributed by atoms with E-state index in [2.05, 4.69) is 26.1 Å². The molecule has 1 aliphatic carbocycles. The molecular formula is C12H25N. The molecule has 1 fully saturated rings. The van der Waals surface area contributed by atoms with Crippen molar-refractivity contribution in [3.8, 4) is 0 Å². The molecule has 1 heteroatoms. The van der Waals surface area contributed by atoms with Gasteiger partial charge in [-0.15, -0.1) is 0 Å². The zero-order chi connectivity index (χ0) is 9.68. The first-order chi connectivity index (χ1) is 6.27. The molecule has 1 saturated carbocycles. The standard InChI is InChI=1S/C12H25N/c1-4-11(5-2)9-13-12-8-6-7-10(12)3/h10-13H,4-9H2,1-3H3. The van der Waals surface area contributed by atoms with Gasteiger partial charge in [0.25, 0.3) is 0 Å². The molecule has 2 unspecified atom stereocenters. The molecule has 0 radical (unpaired) electrons. The Morgan fingerprint density at radius 2 is 1.92 bits per heavy atom. The van der Waals surface area contributed by atoms with Gasteiger partial charge in [-0.1, -0.05) is 40.0 Å². The predicted octanol–water partition coefficient (Wildman–Crippen LogP) is 3.20. The molecule has 2 atom stereocenters. The lowest BCUT2D eigenvalue weighted by molar-refractivity contribution is 0.369. The van der Waals surface area contributed by atoms with Crippen LogP contribution in [0.3, 0.4) is 0 Å². The van der Waals surface area contributed by atoms with Gasteiger partial charge in [-0.2, -0.15) is 0 Å². The second-order valence-electron chi connectivity index (χ2n) is 4.61. The first-order valence-electron chi connectivity index (χ1n) is 6.01. The summed E-state index contributed by atoms with van der Waals surface area (Å²) < 4.78 is 0. The van der Waals surface area contributed by atoms with Gasteiger partial charge in [-0.3, -0.25) is 0 Å². The normalized spacial score (nSPS) is 28.6. The van der Waals surface area contributed by atoms with Crippen LogP contribution in [0.1, 0.15) is 52.9 Å². The van der Waals surface area contributed by atoms with Crippen LogP contribution in [-0.4, -0.2) is 12.6 Å². The van der Waals surface area contributed by atoms with Crippen LogP contribution in [0.5, 0.6) is 0 Å². The summed E-state index contributed by atoms with van der Waals surface area (Å²) >= 11 is 0. The summed E-state index contributed by atoms with van der Waals surface area (Å²) in [6.07, 6.45) is 6.92. The van der Waals surface area contributed by atoms with Crippen molar-refractivity contribution < 1.29 is 0 Å². The average Bonchev–Trinajstić information content (AvgIpc) is 2.54. The van der Waals surface area contributed by atoms with E-state index in [0.717, 1.165) is 17.9 Å². The topological polar surface area (TPSA) is 12.0 Å². The summed E-state index contributed by atoms with van der Waals surface area (Å²) in [7, 11) is 0. The van der Waals surface area contributed by atoms with Crippen molar-refractivity contribution in [3.05, 3.63) is 0 Å². The third-order valence-electron chi connectivity index (χ3n) is 3.68. The van der Waals surface area contributed by atoms with Crippen molar-refractivity contribution in [2.45, 2.75) is 58.9 Å². The predicted molar refractivity (Wildman–Crippen MR) is 58.9 cm³/mol. The van der Waals surface area contributed by atoms with Crippen LogP contribution in [0.2, 0.25) is 0 Å². The molecule has 1 N–H and O–H groups in total. The highest BCUT2D eigenvalue weighted by atomic mass is 14.9. The fourth-order valence-corrected chi connectivity index (χ4v) is 2.34. The summed E-state index contributed by atoms with van der Waals surface area (Å²) in [5, 5.41) is 3.73. The SMILES string of the molecule is CCC(CC)CNC1CCCC1C. The van der Waals surface area contributed by atoms with E-state index >= 15 is 0 Å². The van der Waals surface area contributed by atoms with Gasteiger partial charge >= 0.3 is 0 Å². The highest BCUT2D eigenvalue weighted by Gasteiger charge is 2.22. The summed E-state index contributed by atoms with van der Waals surface area (Å²) in [5.74, 6) is 1.81. The van der Waals surface area contributed by atoms with Gasteiger partial charge in [-0.25, -0.2) is 0 Å². The van der Waals surface area contributed by atoms with Crippen LogP contribution < -0.4 is 5.32 Å². The zero-order valence-electron chi connectivity index (χ0n) is 9.47. The molecule has 1 nitrogen and oxygen atoms in total. The van der Waals surface area contributed by atoms with Crippen LogP contribution in [0.4, 0.5) is 0 Å². The number of nitrogens with one attached hydrogen (secondary N) is 1. The van der Waals surface area contributed by atoms with Gasteiger partial charge in [-0.05, 0) is 31.2 Å². The fourth-order valence-electron chi connectivity index (χ4n) is 2.34. The molecule has 0 aromatic heterocycles. The third-order valence-corrected chi connectivity index (χ3v) is 3.68. The van der Waals surface area contributed by atoms with Crippen LogP contribution >= 0.6 is 0 Å². The molecule has 0 aliphatic heterocycles. The summed E-state index contributed by atoms with van der Waals surface area (Å²) in [6.45, 7) is 8.22. The largest absolute Gasteiger partial charge is 0.313 e. The Hall–Kier alpha value is -0.0400. The first-order valence-corrected chi connectivity index (χ1v) is 6.01. The number of rotatable bonds is 5. The van der Waals surface area contributed by atoms with Crippen molar-refractivity contribution in [2.75, 3.05) is 6.54 Å². The summed E-state index contributed by atoms with van der Waals surface area (Å²) in [5.41, 5.74) is 0. The van der Waals surface area contributed by atoms with E-state index in [-0.39, 0.29) is 0 Å². The van der Waals surface area contributed by atoms with Gasteiger partial charge in [0.2, 0.25) is 0 Å². The zero-order valence-corrected chi connectivity index (χ0v) is 9.47. The molecule has 0 spiro atoms. The van der Waals surface area contributed by atoms with Crippen LogP contribution in [-0.2, 0) is 0 Å². The smallest absolute Gasteiger partial charge is 0.00928 e. The highest BCUT2D eigenvalue weighted by molar-refractivity contribution is 4.80. The molecule has 0 amide bonds. The number of hydrogen-bond acceptors (Lipinski definition) is 1. The lowest BCUT2D eigenvalue weighted by atomic mass is 10.0. The average molecular weight is 183 g/mol. The van der Waals surface area contributed by atoms with E-state index in [1.54, 1.807) is 0 Å². The molecule has 0 heterocycles. The van der Waals surface area contributed by atoms with E-state index in [9.17, 15) is 0 Å². The lowest BCUT2D eigenvalue weighted by Gasteiger charge is -2.21. The van der Waals surface area contributed by atoms with E-state index in [4.69, 9.17) is 0 Å². The molecule has 1 aliphatic rings. The molecule has 13 heavy (non-hydrogen) atoms. The fraction of sp³-hybridized carbons (Fsp3) is 1.00. The molecule has 1 rings (SSSR count). The Kier molecular flexibility index (Phi) is 4.79. The minimum Gasteiger partial charge on any atom is -0.313 e. The summed E-state index contributed by atoms with van der Waals surface area (Å²) in [4.78, 5) is 0. The van der Waals surface area contributed by atoms with Crippen LogP contribution in [0, 0.1) is 11.8 Å². The maximum atomic E-state index is 3.73. The van der Waals surface area contributed by atoms with Gasteiger partial charge < -0.3 is 5.32 Å². The van der Waals surface area contributed by atoms with Crippen molar-refractivity contribution in [3.63, 3.8) is 0 Å². The van der Waals surface area contributed by atoms with Crippen molar-refractivity contribution in [2.24, 2.45) is 11.8 Å². The second kappa shape index (κ2) is 5.64. The lowest BCUT2D eigenvalue weighted by Crippen LogP contribution is -2.34. The van der Waals surface area contributed by atoms with Crippen LogP contribution in [0.25, 0.3) is 0 Å².